The lowest BCUT2D eigenvalue weighted by molar-refractivity contribution is 1.24. The second-order valence-corrected chi connectivity index (χ2v) is 19.8. The van der Waals surface area contributed by atoms with Gasteiger partial charge < -0.3 is 14.7 Å². The first kappa shape index (κ1) is 31.2. The van der Waals surface area contributed by atoms with Crippen LogP contribution in [0.15, 0.2) is 170 Å². The molecule has 0 N–H and O–H groups in total. The molecule has 0 bridgehead atoms. The van der Waals surface area contributed by atoms with Crippen LogP contribution in [0.4, 0.5) is 51.2 Å². The van der Waals surface area contributed by atoms with E-state index in [1.54, 1.807) is 0 Å². The van der Waals surface area contributed by atoms with E-state index in [9.17, 15) is 0 Å². The van der Waals surface area contributed by atoms with Gasteiger partial charge in [0.05, 0.1) is 8.07 Å². The van der Waals surface area contributed by atoms with Gasteiger partial charge in [0, 0.05) is 51.2 Å². The average molecular weight is 674 g/mol. The number of aryl methyl sites for hydroxylation is 1. The van der Waals surface area contributed by atoms with Gasteiger partial charge in [0.25, 0.3) is 6.71 Å². The maximum Gasteiger partial charge on any atom is 0.252 e. The van der Waals surface area contributed by atoms with Crippen LogP contribution < -0.4 is 36.3 Å². The van der Waals surface area contributed by atoms with E-state index in [0.717, 1.165) is 17.1 Å². The Bertz CT molecular complexity index is 2330. The average Bonchev–Trinajstić information content (AvgIpc) is 3.16. The molecule has 2 heterocycles. The summed E-state index contributed by atoms with van der Waals surface area (Å²) in [5.41, 5.74) is 16.0. The number of hydrogen-bond donors (Lipinski definition) is 0. The third-order valence-corrected chi connectivity index (χ3v) is 12.4. The minimum atomic E-state index is -1.77. The Morgan fingerprint density at radius 2 is 0.961 bits per heavy atom. The van der Waals surface area contributed by atoms with E-state index in [1.807, 2.05) is 0 Å². The van der Waals surface area contributed by atoms with Gasteiger partial charge in [0.1, 0.15) is 0 Å². The molecule has 0 fully saturated rings. The van der Waals surface area contributed by atoms with E-state index in [-0.39, 0.29) is 6.71 Å². The summed E-state index contributed by atoms with van der Waals surface area (Å²) in [6.45, 7) is 9.64. The Hall–Kier alpha value is -5.78. The van der Waals surface area contributed by atoms with Crippen LogP contribution in [0.25, 0.3) is 0 Å². The molecule has 7 aromatic rings. The summed E-state index contributed by atoms with van der Waals surface area (Å²) in [7, 11) is -1.77. The molecule has 3 nitrogen and oxygen atoms in total. The fraction of sp³-hybridized carbons (Fsp3) is 0.0870. The first-order valence-corrected chi connectivity index (χ1v) is 21.4. The van der Waals surface area contributed by atoms with Crippen molar-refractivity contribution in [2.75, 3.05) is 14.7 Å². The van der Waals surface area contributed by atoms with Gasteiger partial charge in [-0.15, -0.1) is 0 Å². The van der Waals surface area contributed by atoms with Crippen LogP contribution in [-0.2, 0) is 0 Å². The number of para-hydroxylation sites is 4. The monoisotopic (exact) mass is 673 g/mol. The summed E-state index contributed by atoms with van der Waals surface area (Å²) in [4.78, 5) is 7.43. The van der Waals surface area contributed by atoms with Crippen molar-refractivity contribution in [1.29, 1.82) is 0 Å². The number of hydrogen-bond acceptors (Lipinski definition) is 3. The quantitative estimate of drug-likeness (QED) is 0.163. The van der Waals surface area contributed by atoms with E-state index in [2.05, 4.69) is 211 Å². The molecule has 7 aromatic carbocycles. The normalized spacial score (nSPS) is 13.0. The van der Waals surface area contributed by atoms with Gasteiger partial charge in [-0.2, -0.15) is 0 Å². The molecule has 0 saturated heterocycles. The smallest absolute Gasteiger partial charge is 0.252 e. The SMILES string of the molecule is Cc1ccc(N2c3cc(N(c4ccccc4)c4ccccc4)ccc3B3c4ccccc4N(c4ccccc4)c4cc([Si](C)(C)C)cc2c43)cc1. The fourth-order valence-corrected chi connectivity index (χ4v) is 9.07. The number of anilines is 9. The highest BCUT2D eigenvalue weighted by atomic mass is 28.3. The molecule has 0 radical (unpaired) electrons. The van der Waals surface area contributed by atoms with Crippen LogP contribution in [0.5, 0.6) is 0 Å². The Morgan fingerprint density at radius 1 is 0.451 bits per heavy atom. The summed E-state index contributed by atoms with van der Waals surface area (Å²) in [5, 5.41) is 1.45. The molecule has 0 unspecified atom stereocenters. The van der Waals surface area contributed by atoms with Crippen LogP contribution in [0.3, 0.4) is 0 Å². The molecule has 0 amide bonds. The molecule has 0 spiro atoms. The van der Waals surface area contributed by atoms with Gasteiger partial charge in [-0.3, -0.25) is 0 Å². The van der Waals surface area contributed by atoms with Crippen LogP contribution in [0.1, 0.15) is 5.56 Å². The van der Waals surface area contributed by atoms with E-state index in [1.165, 1.54) is 61.3 Å². The number of nitrogens with zero attached hydrogens (tertiary/aromatic N) is 3. The molecule has 2 aliphatic heterocycles. The highest BCUT2D eigenvalue weighted by Crippen LogP contribution is 2.45. The molecule has 0 aliphatic carbocycles. The van der Waals surface area contributed by atoms with Crippen molar-refractivity contribution in [2.24, 2.45) is 0 Å². The summed E-state index contributed by atoms with van der Waals surface area (Å²) < 4.78 is 0. The van der Waals surface area contributed by atoms with Crippen molar-refractivity contribution in [3.8, 4) is 0 Å². The molecule has 5 heteroatoms. The zero-order valence-electron chi connectivity index (χ0n) is 29.6. The van der Waals surface area contributed by atoms with E-state index >= 15 is 0 Å². The molecule has 0 saturated carbocycles. The predicted octanol–water partition coefficient (Wildman–Crippen LogP) is 10.1. The Kier molecular flexibility index (Phi) is 7.48. The van der Waals surface area contributed by atoms with Gasteiger partial charge in [-0.05, 0) is 102 Å². The number of fused-ring (bicyclic) bond motifs is 4. The standard InChI is InChI=1S/C46H40BN3Si/c1-33-24-26-37(27-25-33)50-43-30-38(48(34-16-8-5-9-17-34)35-18-10-6-11-19-35)28-29-41(43)47-40-22-14-15-23-42(40)49(36-20-12-7-13-21-36)44-31-39(51(2,3)4)32-45(50)46(44)47/h5-32H,1-4H3. The van der Waals surface area contributed by atoms with Gasteiger partial charge >= 0.3 is 0 Å². The first-order valence-electron chi connectivity index (χ1n) is 17.9. The predicted molar refractivity (Wildman–Crippen MR) is 223 cm³/mol. The zero-order valence-corrected chi connectivity index (χ0v) is 30.6. The summed E-state index contributed by atoms with van der Waals surface area (Å²) in [6, 6.07) is 62.6. The largest absolute Gasteiger partial charge is 0.311 e. The molecule has 0 atom stereocenters. The lowest BCUT2D eigenvalue weighted by Gasteiger charge is -2.45. The van der Waals surface area contributed by atoms with E-state index < -0.39 is 8.07 Å². The van der Waals surface area contributed by atoms with Crippen LogP contribution in [-0.4, -0.2) is 14.8 Å². The lowest BCUT2D eigenvalue weighted by Crippen LogP contribution is -2.62. The Labute approximate surface area is 303 Å². The molecular weight excluding hydrogens is 633 g/mol. The minimum absolute atomic E-state index is 0.0782. The van der Waals surface area contributed by atoms with E-state index in [4.69, 9.17) is 0 Å². The van der Waals surface area contributed by atoms with Crippen molar-refractivity contribution in [3.05, 3.63) is 175 Å². The molecule has 246 valence electrons. The lowest BCUT2D eigenvalue weighted by atomic mass is 9.33. The van der Waals surface area contributed by atoms with Gasteiger partial charge in [0.15, 0.2) is 0 Å². The summed E-state index contributed by atoms with van der Waals surface area (Å²) in [6.07, 6.45) is 0. The van der Waals surface area contributed by atoms with E-state index in [0.29, 0.717) is 0 Å². The second kappa shape index (κ2) is 12.2. The summed E-state index contributed by atoms with van der Waals surface area (Å²) >= 11 is 0. The minimum Gasteiger partial charge on any atom is -0.311 e. The third kappa shape index (κ3) is 5.28. The van der Waals surface area contributed by atoms with Crippen molar-refractivity contribution in [3.63, 3.8) is 0 Å². The fourth-order valence-electron chi connectivity index (χ4n) is 7.93. The van der Waals surface area contributed by atoms with Gasteiger partial charge in [-0.25, -0.2) is 0 Å². The van der Waals surface area contributed by atoms with Crippen LogP contribution >= 0.6 is 0 Å². The Balaban J connectivity index is 1.37. The molecule has 51 heavy (non-hydrogen) atoms. The number of benzene rings is 7. The second-order valence-electron chi connectivity index (χ2n) is 14.8. The van der Waals surface area contributed by atoms with Crippen molar-refractivity contribution in [2.45, 2.75) is 26.6 Å². The van der Waals surface area contributed by atoms with Crippen molar-refractivity contribution >= 4 is 87.5 Å². The first-order chi connectivity index (χ1) is 24.9. The highest BCUT2D eigenvalue weighted by molar-refractivity contribution is 7.00. The highest BCUT2D eigenvalue weighted by Gasteiger charge is 2.44. The Morgan fingerprint density at radius 3 is 1.57 bits per heavy atom. The molecule has 2 aliphatic rings. The third-order valence-electron chi connectivity index (χ3n) is 10.4. The maximum absolute atomic E-state index is 2.54. The molecular formula is C46H40BN3Si. The molecule has 0 aromatic heterocycles. The van der Waals surface area contributed by atoms with Gasteiger partial charge in [-0.1, -0.05) is 121 Å². The number of rotatable bonds is 6. The van der Waals surface area contributed by atoms with Crippen LogP contribution in [0.2, 0.25) is 19.6 Å². The molecule has 9 rings (SSSR count). The van der Waals surface area contributed by atoms with Crippen molar-refractivity contribution in [1.82, 2.24) is 0 Å². The topological polar surface area (TPSA) is 9.72 Å². The zero-order chi connectivity index (χ0) is 34.7. The van der Waals surface area contributed by atoms with Crippen LogP contribution in [0, 0.1) is 6.92 Å². The maximum atomic E-state index is 2.54. The van der Waals surface area contributed by atoms with Gasteiger partial charge in [0.2, 0.25) is 0 Å². The summed E-state index contributed by atoms with van der Waals surface area (Å²) in [5.74, 6) is 0. The van der Waals surface area contributed by atoms with Crippen molar-refractivity contribution < 1.29 is 0 Å².